The molecule has 0 radical (unpaired) electrons. The summed E-state index contributed by atoms with van der Waals surface area (Å²) >= 11 is 0. The Morgan fingerprint density at radius 3 is 2.93 bits per heavy atom. The number of hydrogen-bond acceptors (Lipinski definition) is 5. The van der Waals surface area contributed by atoms with Gasteiger partial charge in [-0.25, -0.2) is 4.98 Å². The lowest BCUT2D eigenvalue weighted by Crippen LogP contribution is -2.08. The molecule has 1 aromatic heterocycles. The third kappa shape index (κ3) is 2.76. The first kappa shape index (κ1) is 10.6. The lowest BCUT2D eigenvalue weighted by atomic mass is 10.3. The number of aromatic nitrogens is 1. The third-order valence-electron chi connectivity index (χ3n) is 1.50. The van der Waals surface area contributed by atoms with Crippen molar-refractivity contribution in [2.24, 2.45) is 0 Å². The summed E-state index contributed by atoms with van der Waals surface area (Å²) in [6, 6.07) is 0. The third-order valence-corrected chi connectivity index (χ3v) is 1.50. The van der Waals surface area contributed by atoms with Gasteiger partial charge in [-0.3, -0.25) is 4.79 Å². The van der Waals surface area contributed by atoms with Crippen molar-refractivity contribution in [1.29, 1.82) is 0 Å². The van der Waals surface area contributed by atoms with E-state index in [9.17, 15) is 4.79 Å². The fraction of sp³-hybridized carbons (Fsp3) is 0.556. The second kappa shape index (κ2) is 5.26. The van der Waals surface area contributed by atoms with Crippen LogP contribution in [0, 0.1) is 0 Å². The number of oxazole rings is 1. The van der Waals surface area contributed by atoms with Gasteiger partial charge in [-0.1, -0.05) is 0 Å². The highest BCUT2D eigenvalue weighted by Gasteiger charge is 2.14. The zero-order chi connectivity index (χ0) is 10.4. The van der Waals surface area contributed by atoms with Gasteiger partial charge in [-0.15, -0.1) is 0 Å². The smallest absolute Gasteiger partial charge is 0.312 e. The number of nitrogens with zero attached hydrogens (tertiary/aromatic N) is 1. The standard InChI is InChI=1S/C9H13NO4/c1-3-12-8(11)5-7-9(13-4-2)14-6-10-7/h6H,3-5H2,1-2H3. The second-order valence-electron chi connectivity index (χ2n) is 2.50. The maximum atomic E-state index is 11.1. The average molecular weight is 199 g/mol. The van der Waals surface area contributed by atoms with E-state index in [0.29, 0.717) is 24.9 Å². The van der Waals surface area contributed by atoms with Crippen molar-refractivity contribution < 1.29 is 18.7 Å². The number of carbonyl (C=O) groups is 1. The minimum absolute atomic E-state index is 0.0830. The molecule has 0 N–H and O–H groups in total. The highest BCUT2D eigenvalue weighted by molar-refractivity contribution is 5.72. The van der Waals surface area contributed by atoms with Gasteiger partial charge in [0.25, 0.3) is 0 Å². The topological polar surface area (TPSA) is 61.6 Å². The molecule has 0 atom stereocenters. The Labute approximate surface area is 82.0 Å². The van der Waals surface area contributed by atoms with E-state index in [1.54, 1.807) is 6.92 Å². The minimum Gasteiger partial charge on any atom is -0.466 e. The molecular formula is C9H13NO4. The van der Waals surface area contributed by atoms with Crippen molar-refractivity contribution in [2.75, 3.05) is 13.2 Å². The van der Waals surface area contributed by atoms with Crippen LogP contribution >= 0.6 is 0 Å². The number of hydrogen-bond donors (Lipinski definition) is 0. The summed E-state index contributed by atoms with van der Waals surface area (Å²) in [4.78, 5) is 15.0. The quantitative estimate of drug-likeness (QED) is 0.666. The van der Waals surface area contributed by atoms with Gasteiger partial charge in [-0.05, 0) is 13.8 Å². The fourth-order valence-electron chi connectivity index (χ4n) is 0.974. The molecule has 0 saturated carbocycles. The van der Waals surface area contributed by atoms with Gasteiger partial charge in [0, 0.05) is 0 Å². The molecule has 1 rings (SSSR count). The first-order chi connectivity index (χ1) is 6.77. The van der Waals surface area contributed by atoms with Crippen LogP contribution in [0.4, 0.5) is 0 Å². The van der Waals surface area contributed by atoms with Crippen LogP contribution < -0.4 is 4.74 Å². The Bertz CT molecular complexity index is 295. The summed E-state index contributed by atoms with van der Waals surface area (Å²) in [6.45, 7) is 4.42. The van der Waals surface area contributed by atoms with Crippen LogP contribution in [0.25, 0.3) is 0 Å². The molecule has 1 aromatic rings. The zero-order valence-electron chi connectivity index (χ0n) is 8.28. The van der Waals surface area contributed by atoms with Crippen LogP contribution in [-0.4, -0.2) is 24.2 Å². The van der Waals surface area contributed by atoms with Crippen LogP contribution in [0.15, 0.2) is 10.8 Å². The van der Waals surface area contributed by atoms with Gasteiger partial charge in [0.05, 0.1) is 19.6 Å². The van der Waals surface area contributed by atoms with Gasteiger partial charge < -0.3 is 13.9 Å². The molecule has 0 amide bonds. The molecule has 5 nitrogen and oxygen atoms in total. The number of ether oxygens (including phenoxy) is 2. The Balaban J connectivity index is 2.56. The van der Waals surface area contributed by atoms with Crippen molar-refractivity contribution in [2.45, 2.75) is 20.3 Å². The van der Waals surface area contributed by atoms with Crippen LogP contribution in [0.1, 0.15) is 19.5 Å². The van der Waals surface area contributed by atoms with Crippen molar-refractivity contribution in [3.8, 4) is 5.95 Å². The predicted molar refractivity (Wildman–Crippen MR) is 48.0 cm³/mol. The Kier molecular flexibility index (Phi) is 3.97. The molecule has 5 heteroatoms. The molecule has 0 unspecified atom stereocenters. The number of esters is 1. The molecule has 0 bridgehead atoms. The SMILES string of the molecule is CCOC(=O)Cc1ncoc1OCC. The van der Waals surface area contributed by atoms with Gasteiger partial charge in [0.2, 0.25) is 0 Å². The van der Waals surface area contributed by atoms with Gasteiger partial charge in [0.15, 0.2) is 6.39 Å². The molecule has 0 fully saturated rings. The number of carbonyl (C=O) groups excluding carboxylic acids is 1. The summed E-state index contributed by atoms with van der Waals surface area (Å²) in [5, 5.41) is 0. The van der Waals surface area contributed by atoms with Crippen molar-refractivity contribution in [3.05, 3.63) is 12.1 Å². The fourth-order valence-corrected chi connectivity index (χ4v) is 0.974. The predicted octanol–water partition coefficient (Wildman–Crippen LogP) is 1.18. The van der Waals surface area contributed by atoms with E-state index in [1.807, 2.05) is 6.92 Å². The molecule has 78 valence electrons. The summed E-state index contributed by atoms with van der Waals surface area (Å²) in [7, 11) is 0. The molecule has 0 spiro atoms. The largest absolute Gasteiger partial charge is 0.466 e. The van der Waals surface area contributed by atoms with E-state index in [2.05, 4.69) is 4.98 Å². The summed E-state index contributed by atoms with van der Waals surface area (Å²) < 4.78 is 14.8. The molecule has 0 aliphatic rings. The van der Waals surface area contributed by atoms with E-state index in [4.69, 9.17) is 13.9 Å². The lowest BCUT2D eigenvalue weighted by Gasteiger charge is -2.01. The van der Waals surface area contributed by atoms with E-state index in [0.717, 1.165) is 0 Å². The average Bonchev–Trinajstić information content (AvgIpc) is 2.54. The monoisotopic (exact) mass is 199 g/mol. The molecule has 0 aliphatic carbocycles. The molecule has 1 heterocycles. The zero-order valence-corrected chi connectivity index (χ0v) is 8.28. The van der Waals surface area contributed by atoms with E-state index >= 15 is 0 Å². The Morgan fingerprint density at radius 2 is 2.29 bits per heavy atom. The van der Waals surface area contributed by atoms with Crippen LogP contribution in [0.3, 0.4) is 0 Å². The van der Waals surface area contributed by atoms with Crippen LogP contribution in [0.2, 0.25) is 0 Å². The second-order valence-corrected chi connectivity index (χ2v) is 2.50. The highest BCUT2D eigenvalue weighted by Crippen LogP contribution is 2.17. The number of rotatable bonds is 5. The first-order valence-corrected chi connectivity index (χ1v) is 4.48. The van der Waals surface area contributed by atoms with Gasteiger partial charge in [-0.2, -0.15) is 0 Å². The van der Waals surface area contributed by atoms with Crippen molar-refractivity contribution in [1.82, 2.24) is 4.98 Å². The maximum absolute atomic E-state index is 11.1. The molecule has 0 saturated heterocycles. The summed E-state index contributed by atoms with van der Waals surface area (Å²) in [6.07, 6.45) is 1.33. The van der Waals surface area contributed by atoms with Crippen LogP contribution in [-0.2, 0) is 16.0 Å². The van der Waals surface area contributed by atoms with E-state index < -0.39 is 0 Å². The van der Waals surface area contributed by atoms with Gasteiger partial charge >= 0.3 is 11.9 Å². The van der Waals surface area contributed by atoms with E-state index in [1.165, 1.54) is 6.39 Å². The highest BCUT2D eigenvalue weighted by atomic mass is 16.6. The van der Waals surface area contributed by atoms with Crippen molar-refractivity contribution >= 4 is 5.97 Å². The molecule has 14 heavy (non-hydrogen) atoms. The Hall–Kier alpha value is -1.52. The molecule has 0 aliphatic heterocycles. The first-order valence-electron chi connectivity index (χ1n) is 4.48. The lowest BCUT2D eigenvalue weighted by molar-refractivity contribution is -0.142. The van der Waals surface area contributed by atoms with Crippen molar-refractivity contribution in [3.63, 3.8) is 0 Å². The summed E-state index contributed by atoms with van der Waals surface area (Å²) in [5.74, 6) is -0.0390. The minimum atomic E-state index is -0.331. The molecule has 0 aromatic carbocycles. The van der Waals surface area contributed by atoms with Gasteiger partial charge in [0.1, 0.15) is 5.69 Å². The summed E-state index contributed by atoms with van der Waals surface area (Å²) in [5.41, 5.74) is 0.477. The maximum Gasteiger partial charge on any atom is 0.312 e. The van der Waals surface area contributed by atoms with E-state index in [-0.39, 0.29) is 12.4 Å². The molecular weight excluding hydrogens is 186 g/mol. The van der Waals surface area contributed by atoms with Crippen LogP contribution in [0.5, 0.6) is 5.95 Å². The normalized spacial score (nSPS) is 9.86. The Morgan fingerprint density at radius 1 is 1.50 bits per heavy atom.